The van der Waals surface area contributed by atoms with Crippen LogP contribution >= 0.6 is 0 Å². The van der Waals surface area contributed by atoms with E-state index in [0.717, 1.165) is 28.8 Å². The van der Waals surface area contributed by atoms with Gasteiger partial charge in [-0.2, -0.15) is 18.0 Å². The number of para-hydroxylation sites is 1. The molecule has 1 heterocycles. The molecule has 164 valence electrons. The van der Waals surface area contributed by atoms with E-state index in [4.69, 9.17) is 4.74 Å². The predicted molar refractivity (Wildman–Crippen MR) is 109 cm³/mol. The van der Waals surface area contributed by atoms with Crippen molar-refractivity contribution in [2.45, 2.75) is 19.1 Å². The highest BCUT2D eigenvalue weighted by Crippen LogP contribution is 2.30. The molecule has 0 amide bonds. The van der Waals surface area contributed by atoms with Crippen LogP contribution in [0.25, 0.3) is 11.4 Å². The maximum atomic E-state index is 13.6. The van der Waals surface area contributed by atoms with Gasteiger partial charge >= 0.3 is 6.18 Å². The summed E-state index contributed by atoms with van der Waals surface area (Å²) in [6, 6.07) is 18.5. The Hall–Kier alpha value is -3.75. The maximum Gasteiger partial charge on any atom is 0.416 e. The number of hydrogen-bond acceptors (Lipinski definition) is 4. The molecule has 9 heteroatoms. The molecule has 0 spiro atoms. The van der Waals surface area contributed by atoms with E-state index in [9.17, 15) is 17.6 Å². The fraction of sp³-hybridized carbons (Fsp3) is 0.174. The van der Waals surface area contributed by atoms with Gasteiger partial charge in [-0.3, -0.25) is 0 Å². The van der Waals surface area contributed by atoms with E-state index < -0.39 is 17.6 Å². The van der Waals surface area contributed by atoms with Crippen molar-refractivity contribution in [1.82, 2.24) is 20.2 Å². The third kappa shape index (κ3) is 5.11. The van der Waals surface area contributed by atoms with Crippen LogP contribution in [0.2, 0.25) is 0 Å². The Bertz CT molecular complexity index is 1190. The van der Waals surface area contributed by atoms with E-state index in [1.54, 1.807) is 12.1 Å². The van der Waals surface area contributed by atoms with Gasteiger partial charge in [-0.25, -0.2) is 4.39 Å². The second-order valence-electron chi connectivity index (χ2n) is 7.02. The van der Waals surface area contributed by atoms with E-state index in [2.05, 4.69) is 15.4 Å². The number of halogens is 4. The van der Waals surface area contributed by atoms with Crippen molar-refractivity contribution in [2.24, 2.45) is 0 Å². The highest BCUT2D eigenvalue weighted by Gasteiger charge is 2.29. The van der Waals surface area contributed by atoms with Gasteiger partial charge in [0.25, 0.3) is 0 Å². The predicted octanol–water partition coefficient (Wildman–Crippen LogP) is 5.17. The topological polar surface area (TPSA) is 52.8 Å². The summed E-state index contributed by atoms with van der Waals surface area (Å²) in [6.07, 6.45) is -3.95. The fourth-order valence-corrected chi connectivity index (χ4v) is 3.17. The largest absolute Gasteiger partial charge is 0.489 e. The molecular formula is C23H18F4N4O. The Balaban J connectivity index is 1.45. The third-order valence-electron chi connectivity index (χ3n) is 4.77. The zero-order chi connectivity index (χ0) is 22.6. The second-order valence-corrected chi connectivity index (χ2v) is 7.02. The molecule has 0 fully saturated rings. The number of benzene rings is 3. The third-order valence-corrected chi connectivity index (χ3v) is 4.77. The van der Waals surface area contributed by atoms with Crippen LogP contribution in [0.1, 0.15) is 16.7 Å². The zero-order valence-corrected chi connectivity index (χ0v) is 16.8. The molecule has 1 aromatic heterocycles. The Morgan fingerprint density at radius 1 is 0.875 bits per heavy atom. The molecule has 32 heavy (non-hydrogen) atoms. The first kappa shape index (κ1) is 21.5. The molecule has 3 aromatic carbocycles. The van der Waals surface area contributed by atoms with Gasteiger partial charge in [-0.1, -0.05) is 48.5 Å². The number of ether oxygens (including phenoxy) is 1. The van der Waals surface area contributed by atoms with E-state index in [1.807, 2.05) is 24.3 Å². The summed E-state index contributed by atoms with van der Waals surface area (Å²) < 4.78 is 57.4. The minimum Gasteiger partial charge on any atom is -0.489 e. The zero-order valence-electron chi connectivity index (χ0n) is 16.8. The lowest BCUT2D eigenvalue weighted by Crippen LogP contribution is -2.11. The SMILES string of the molecule is Fc1ccccc1OCCn1nnc(-c2ccccc2Cc2ccc(C(F)(F)F)cc2)n1. The molecule has 5 nitrogen and oxygen atoms in total. The van der Waals surface area contributed by atoms with Gasteiger partial charge in [-0.15, -0.1) is 10.2 Å². The highest BCUT2D eigenvalue weighted by atomic mass is 19.4. The quantitative estimate of drug-likeness (QED) is 0.371. The van der Waals surface area contributed by atoms with Gasteiger partial charge in [-0.05, 0) is 47.0 Å². The lowest BCUT2D eigenvalue weighted by atomic mass is 9.98. The van der Waals surface area contributed by atoms with Crippen LogP contribution in [0.5, 0.6) is 5.75 Å². The van der Waals surface area contributed by atoms with E-state index >= 15 is 0 Å². The number of hydrogen-bond donors (Lipinski definition) is 0. The molecule has 0 unspecified atom stereocenters. The first-order chi connectivity index (χ1) is 15.4. The van der Waals surface area contributed by atoms with Crippen LogP contribution in [0, 0.1) is 5.82 Å². The standard InChI is InChI=1S/C23H18F4N4O/c24-20-7-3-4-8-21(20)32-14-13-31-29-22(28-30-31)19-6-2-1-5-17(19)15-16-9-11-18(12-10-16)23(25,26)27/h1-12H,13-15H2. The van der Waals surface area contributed by atoms with Crippen molar-refractivity contribution in [1.29, 1.82) is 0 Å². The monoisotopic (exact) mass is 442 g/mol. The smallest absolute Gasteiger partial charge is 0.416 e. The molecule has 0 radical (unpaired) electrons. The van der Waals surface area contributed by atoms with Gasteiger partial charge in [0.2, 0.25) is 5.82 Å². The van der Waals surface area contributed by atoms with Crippen LogP contribution in [0.3, 0.4) is 0 Å². The fourth-order valence-electron chi connectivity index (χ4n) is 3.17. The molecular weight excluding hydrogens is 424 g/mol. The lowest BCUT2D eigenvalue weighted by molar-refractivity contribution is -0.137. The van der Waals surface area contributed by atoms with Gasteiger partial charge in [0.1, 0.15) is 6.61 Å². The van der Waals surface area contributed by atoms with Crippen LogP contribution in [-0.2, 0) is 19.1 Å². The summed E-state index contributed by atoms with van der Waals surface area (Å²) in [5.41, 5.74) is 1.64. The Labute approximate surface area is 181 Å². The molecule has 4 aromatic rings. The van der Waals surface area contributed by atoms with Gasteiger partial charge < -0.3 is 4.74 Å². The summed E-state index contributed by atoms with van der Waals surface area (Å²) >= 11 is 0. The molecule has 4 rings (SSSR count). The lowest BCUT2D eigenvalue weighted by Gasteiger charge is -2.09. The summed E-state index contributed by atoms with van der Waals surface area (Å²) in [4.78, 5) is 1.35. The normalized spacial score (nSPS) is 11.5. The van der Waals surface area contributed by atoms with Crippen molar-refractivity contribution >= 4 is 0 Å². The number of rotatable bonds is 7. The molecule has 0 N–H and O–H groups in total. The molecule has 0 aliphatic carbocycles. The number of nitrogens with zero attached hydrogens (tertiary/aromatic N) is 4. The minimum absolute atomic E-state index is 0.148. The minimum atomic E-state index is -4.37. The highest BCUT2D eigenvalue weighted by molar-refractivity contribution is 5.60. The van der Waals surface area contributed by atoms with Crippen molar-refractivity contribution in [3.8, 4) is 17.1 Å². The first-order valence-electron chi connectivity index (χ1n) is 9.80. The summed E-state index contributed by atoms with van der Waals surface area (Å²) in [6.45, 7) is 0.423. The summed E-state index contributed by atoms with van der Waals surface area (Å²) in [7, 11) is 0. The van der Waals surface area contributed by atoms with E-state index in [0.29, 0.717) is 12.2 Å². The van der Waals surface area contributed by atoms with Crippen LogP contribution < -0.4 is 4.74 Å². The second kappa shape index (κ2) is 9.17. The van der Waals surface area contributed by atoms with Crippen molar-refractivity contribution in [3.05, 3.63) is 95.3 Å². The summed E-state index contributed by atoms with van der Waals surface area (Å²) in [5.74, 6) is 0.0880. The Morgan fingerprint density at radius 2 is 1.59 bits per heavy atom. The number of tetrazole rings is 1. The van der Waals surface area contributed by atoms with Gasteiger partial charge in [0, 0.05) is 5.56 Å². The van der Waals surface area contributed by atoms with Crippen molar-refractivity contribution < 1.29 is 22.3 Å². The maximum absolute atomic E-state index is 13.6. The van der Waals surface area contributed by atoms with Crippen LogP contribution in [0.15, 0.2) is 72.8 Å². The summed E-state index contributed by atoms with van der Waals surface area (Å²) in [5, 5.41) is 12.4. The van der Waals surface area contributed by atoms with Crippen LogP contribution in [0.4, 0.5) is 17.6 Å². The van der Waals surface area contributed by atoms with E-state index in [-0.39, 0.29) is 18.9 Å². The van der Waals surface area contributed by atoms with E-state index in [1.165, 1.54) is 29.1 Å². The average molecular weight is 442 g/mol. The molecule has 0 atom stereocenters. The Morgan fingerprint density at radius 3 is 2.34 bits per heavy atom. The van der Waals surface area contributed by atoms with Crippen LogP contribution in [-0.4, -0.2) is 26.8 Å². The molecule has 0 saturated carbocycles. The Kier molecular flexibility index (Phi) is 6.16. The first-order valence-corrected chi connectivity index (χ1v) is 9.80. The van der Waals surface area contributed by atoms with Crippen molar-refractivity contribution in [2.75, 3.05) is 6.61 Å². The average Bonchev–Trinajstić information content (AvgIpc) is 3.24. The molecule has 0 aliphatic rings. The molecule has 0 saturated heterocycles. The molecule has 0 aliphatic heterocycles. The van der Waals surface area contributed by atoms with Crippen molar-refractivity contribution in [3.63, 3.8) is 0 Å². The van der Waals surface area contributed by atoms with Gasteiger partial charge in [0.15, 0.2) is 11.6 Å². The van der Waals surface area contributed by atoms with Gasteiger partial charge in [0.05, 0.1) is 12.1 Å². The number of aromatic nitrogens is 4. The molecule has 0 bridgehead atoms. The number of alkyl halides is 3.